The van der Waals surface area contributed by atoms with Gasteiger partial charge in [0.05, 0.1) is 4.92 Å². The topological polar surface area (TPSA) is 84.3 Å². The summed E-state index contributed by atoms with van der Waals surface area (Å²) in [5, 5.41) is 17.1. The van der Waals surface area contributed by atoms with Gasteiger partial charge >= 0.3 is 0 Å². The lowest BCUT2D eigenvalue weighted by molar-refractivity contribution is -0.385. The van der Waals surface area contributed by atoms with Crippen LogP contribution >= 0.6 is 0 Å². The largest absolute Gasteiger partial charge is 0.326 e. The molecule has 2 aromatic carbocycles. The van der Waals surface area contributed by atoms with Crippen LogP contribution in [0.25, 0.3) is 0 Å². The van der Waals surface area contributed by atoms with Crippen molar-refractivity contribution in [2.45, 2.75) is 33.4 Å². The van der Waals surface area contributed by atoms with Crippen LogP contribution in [0, 0.1) is 17.0 Å². The SMILES string of the molecule is CC(=O)Nc1cccc(C(C)NCc2cccc([N+](=O)[O-])c2C)c1. The van der Waals surface area contributed by atoms with Crippen LogP contribution in [0.15, 0.2) is 42.5 Å². The summed E-state index contributed by atoms with van der Waals surface area (Å²) in [6.45, 7) is 5.77. The number of hydrogen-bond acceptors (Lipinski definition) is 4. The molecule has 0 aliphatic rings. The summed E-state index contributed by atoms with van der Waals surface area (Å²) in [5.74, 6) is -0.111. The molecule has 0 aliphatic carbocycles. The lowest BCUT2D eigenvalue weighted by Gasteiger charge is -2.16. The maximum absolute atomic E-state index is 11.1. The molecule has 1 amide bonds. The van der Waals surface area contributed by atoms with Gasteiger partial charge in [0.25, 0.3) is 5.69 Å². The molecule has 0 heterocycles. The second-order valence-corrected chi connectivity index (χ2v) is 5.73. The van der Waals surface area contributed by atoms with Crippen molar-refractivity contribution in [3.8, 4) is 0 Å². The highest BCUT2D eigenvalue weighted by Crippen LogP contribution is 2.22. The molecule has 1 atom stereocenters. The summed E-state index contributed by atoms with van der Waals surface area (Å²) in [4.78, 5) is 21.8. The fourth-order valence-electron chi connectivity index (χ4n) is 2.53. The van der Waals surface area contributed by atoms with Crippen LogP contribution in [0.3, 0.4) is 0 Å². The average Bonchev–Trinajstić information content (AvgIpc) is 2.53. The van der Waals surface area contributed by atoms with E-state index < -0.39 is 0 Å². The van der Waals surface area contributed by atoms with Gasteiger partial charge < -0.3 is 10.6 Å². The first-order valence-electron chi connectivity index (χ1n) is 7.72. The molecule has 0 fully saturated rings. The summed E-state index contributed by atoms with van der Waals surface area (Å²) in [5.41, 5.74) is 3.49. The van der Waals surface area contributed by atoms with E-state index in [9.17, 15) is 14.9 Å². The molecule has 0 spiro atoms. The molecule has 2 rings (SSSR count). The van der Waals surface area contributed by atoms with Crippen molar-refractivity contribution < 1.29 is 9.72 Å². The van der Waals surface area contributed by atoms with E-state index in [0.29, 0.717) is 12.1 Å². The number of nitrogens with zero attached hydrogens (tertiary/aromatic N) is 1. The molecule has 6 heteroatoms. The summed E-state index contributed by atoms with van der Waals surface area (Å²) >= 11 is 0. The van der Waals surface area contributed by atoms with E-state index in [4.69, 9.17) is 0 Å². The van der Waals surface area contributed by atoms with Gasteiger partial charge in [-0.15, -0.1) is 0 Å². The first kappa shape index (κ1) is 17.6. The Labute approximate surface area is 141 Å². The van der Waals surface area contributed by atoms with Crippen molar-refractivity contribution in [2.24, 2.45) is 0 Å². The quantitative estimate of drug-likeness (QED) is 0.625. The van der Waals surface area contributed by atoms with Gasteiger partial charge in [0.15, 0.2) is 0 Å². The summed E-state index contributed by atoms with van der Waals surface area (Å²) < 4.78 is 0. The van der Waals surface area contributed by atoms with Crippen LogP contribution in [0.4, 0.5) is 11.4 Å². The monoisotopic (exact) mass is 327 g/mol. The fraction of sp³-hybridized carbons (Fsp3) is 0.278. The number of carbonyl (C=O) groups excluding carboxylic acids is 1. The number of nitrogens with one attached hydrogen (secondary N) is 2. The summed E-state index contributed by atoms with van der Waals surface area (Å²) in [7, 11) is 0. The Kier molecular flexibility index (Phi) is 5.65. The van der Waals surface area contributed by atoms with Gasteiger partial charge in [0.1, 0.15) is 0 Å². The van der Waals surface area contributed by atoms with Gasteiger partial charge in [-0.1, -0.05) is 24.3 Å². The Hall–Kier alpha value is -2.73. The Morgan fingerprint density at radius 2 is 1.96 bits per heavy atom. The molecule has 126 valence electrons. The second-order valence-electron chi connectivity index (χ2n) is 5.73. The number of nitro benzene ring substituents is 1. The standard InChI is InChI=1S/C18H21N3O3/c1-12-16(7-5-9-18(12)21(23)24)11-19-13(2)15-6-4-8-17(10-15)20-14(3)22/h4-10,13,19H,11H2,1-3H3,(H,20,22). The normalized spacial score (nSPS) is 11.8. The molecule has 1 unspecified atom stereocenters. The Balaban J connectivity index is 2.08. The fourth-order valence-corrected chi connectivity index (χ4v) is 2.53. The van der Waals surface area contributed by atoms with Crippen LogP contribution in [0.5, 0.6) is 0 Å². The van der Waals surface area contributed by atoms with E-state index in [1.165, 1.54) is 13.0 Å². The summed E-state index contributed by atoms with van der Waals surface area (Å²) in [6, 6.07) is 12.7. The molecule has 2 aromatic rings. The molecule has 0 aliphatic heterocycles. The smallest absolute Gasteiger partial charge is 0.272 e. The Bertz CT molecular complexity index is 759. The highest BCUT2D eigenvalue weighted by Gasteiger charge is 2.14. The van der Waals surface area contributed by atoms with Crippen molar-refractivity contribution in [3.05, 3.63) is 69.3 Å². The third kappa shape index (κ3) is 4.39. The molecule has 6 nitrogen and oxygen atoms in total. The van der Waals surface area contributed by atoms with Crippen molar-refractivity contribution >= 4 is 17.3 Å². The van der Waals surface area contributed by atoms with Gasteiger partial charge in [0, 0.05) is 36.8 Å². The molecular formula is C18H21N3O3. The first-order chi connectivity index (χ1) is 11.4. The number of anilines is 1. The van der Waals surface area contributed by atoms with Gasteiger partial charge in [-0.3, -0.25) is 14.9 Å². The molecule has 0 saturated heterocycles. The van der Waals surface area contributed by atoms with Crippen LogP contribution in [0.1, 0.15) is 36.6 Å². The van der Waals surface area contributed by atoms with E-state index in [1.807, 2.05) is 37.3 Å². The van der Waals surface area contributed by atoms with Crippen molar-refractivity contribution in [2.75, 3.05) is 5.32 Å². The van der Waals surface area contributed by atoms with Gasteiger partial charge in [-0.25, -0.2) is 0 Å². The van der Waals surface area contributed by atoms with Gasteiger partial charge in [-0.2, -0.15) is 0 Å². The Morgan fingerprint density at radius 3 is 2.62 bits per heavy atom. The predicted octanol–water partition coefficient (Wildman–Crippen LogP) is 3.71. The molecular weight excluding hydrogens is 306 g/mol. The van der Waals surface area contributed by atoms with Crippen molar-refractivity contribution in [1.29, 1.82) is 0 Å². The van der Waals surface area contributed by atoms with Crippen LogP contribution < -0.4 is 10.6 Å². The second kappa shape index (κ2) is 7.70. The first-order valence-corrected chi connectivity index (χ1v) is 7.72. The lowest BCUT2D eigenvalue weighted by Crippen LogP contribution is -2.19. The zero-order chi connectivity index (χ0) is 17.7. The third-order valence-electron chi connectivity index (χ3n) is 3.92. The lowest BCUT2D eigenvalue weighted by atomic mass is 10.0. The number of benzene rings is 2. The number of hydrogen-bond donors (Lipinski definition) is 2. The van der Waals surface area contributed by atoms with E-state index in [2.05, 4.69) is 10.6 Å². The third-order valence-corrected chi connectivity index (χ3v) is 3.92. The highest BCUT2D eigenvalue weighted by molar-refractivity contribution is 5.88. The maximum atomic E-state index is 11.1. The number of amides is 1. The minimum Gasteiger partial charge on any atom is -0.326 e. The van der Waals surface area contributed by atoms with E-state index >= 15 is 0 Å². The predicted molar refractivity (Wildman–Crippen MR) is 93.8 cm³/mol. The number of nitro groups is 1. The van der Waals surface area contributed by atoms with Gasteiger partial charge in [-0.05, 0) is 37.1 Å². The minimum atomic E-state index is -0.362. The van der Waals surface area contributed by atoms with Crippen molar-refractivity contribution in [3.63, 3.8) is 0 Å². The maximum Gasteiger partial charge on any atom is 0.272 e. The highest BCUT2D eigenvalue weighted by atomic mass is 16.6. The molecule has 24 heavy (non-hydrogen) atoms. The van der Waals surface area contributed by atoms with E-state index in [0.717, 1.165) is 16.8 Å². The minimum absolute atomic E-state index is 0.0392. The van der Waals surface area contributed by atoms with Crippen molar-refractivity contribution in [1.82, 2.24) is 5.32 Å². The molecule has 0 saturated carbocycles. The summed E-state index contributed by atoms with van der Waals surface area (Å²) in [6.07, 6.45) is 0. The van der Waals surface area contributed by atoms with E-state index in [-0.39, 0.29) is 22.6 Å². The Morgan fingerprint density at radius 1 is 1.25 bits per heavy atom. The van der Waals surface area contributed by atoms with Crippen LogP contribution in [-0.2, 0) is 11.3 Å². The average molecular weight is 327 g/mol. The van der Waals surface area contributed by atoms with Crippen LogP contribution in [0.2, 0.25) is 0 Å². The molecule has 0 bridgehead atoms. The van der Waals surface area contributed by atoms with Gasteiger partial charge in [0.2, 0.25) is 5.91 Å². The van der Waals surface area contributed by atoms with E-state index in [1.54, 1.807) is 13.0 Å². The number of carbonyl (C=O) groups is 1. The zero-order valence-corrected chi connectivity index (χ0v) is 14.0. The molecule has 0 radical (unpaired) electrons. The molecule has 0 aromatic heterocycles. The molecule has 2 N–H and O–H groups in total. The zero-order valence-electron chi connectivity index (χ0n) is 14.0. The number of rotatable bonds is 6. The van der Waals surface area contributed by atoms with Crippen LogP contribution in [-0.4, -0.2) is 10.8 Å².